The van der Waals surface area contributed by atoms with E-state index in [4.69, 9.17) is 15.7 Å². The quantitative estimate of drug-likeness (QED) is 0.633. The highest BCUT2D eigenvalue weighted by Crippen LogP contribution is 2.31. The second-order valence-electron chi connectivity index (χ2n) is 10.1. The average Bonchev–Trinajstić information content (AvgIpc) is 3.22. The third-order valence-corrected chi connectivity index (χ3v) is 7.21. The van der Waals surface area contributed by atoms with E-state index in [1.807, 2.05) is 29.7 Å². The Morgan fingerprint density at radius 3 is 2.68 bits per heavy atom. The molecule has 9 heteroatoms. The molecule has 4 heterocycles. The number of aliphatic imine (C=N–C) groups is 1. The Morgan fingerprint density at radius 2 is 1.94 bits per heavy atom. The molecule has 1 atom stereocenters. The summed E-state index contributed by atoms with van der Waals surface area (Å²) in [6.45, 7) is 9.16. The third-order valence-electron chi connectivity index (χ3n) is 7.21. The lowest BCUT2D eigenvalue weighted by molar-refractivity contribution is 0.494. The fourth-order valence-electron chi connectivity index (χ4n) is 5.31. The van der Waals surface area contributed by atoms with Crippen LogP contribution in [-0.4, -0.2) is 50.1 Å². The fraction of sp³-hybridized carbons (Fsp3) is 0.520. The second-order valence-corrected chi connectivity index (χ2v) is 10.1. The molecule has 2 N–H and O–H groups in total. The van der Waals surface area contributed by atoms with Gasteiger partial charge in [0.2, 0.25) is 5.95 Å². The summed E-state index contributed by atoms with van der Waals surface area (Å²) in [4.78, 5) is 38.8. The number of rotatable bonds is 4. The summed E-state index contributed by atoms with van der Waals surface area (Å²) in [6, 6.07) is 8.20. The number of piperidine rings is 1. The van der Waals surface area contributed by atoms with Crippen molar-refractivity contribution in [2.75, 3.05) is 24.5 Å². The van der Waals surface area contributed by atoms with Crippen LogP contribution >= 0.6 is 0 Å². The Hall–Kier alpha value is -3.20. The van der Waals surface area contributed by atoms with Gasteiger partial charge >= 0.3 is 5.69 Å². The summed E-state index contributed by atoms with van der Waals surface area (Å²) in [7, 11) is 1.68. The highest BCUT2D eigenvalue weighted by Gasteiger charge is 2.30. The van der Waals surface area contributed by atoms with Crippen LogP contribution in [0.5, 0.6) is 0 Å². The summed E-state index contributed by atoms with van der Waals surface area (Å²) >= 11 is 0. The van der Waals surface area contributed by atoms with Gasteiger partial charge in [-0.3, -0.25) is 18.9 Å². The first-order valence-corrected chi connectivity index (χ1v) is 12.1. The Bertz CT molecular complexity index is 1410. The van der Waals surface area contributed by atoms with Gasteiger partial charge in [0.05, 0.1) is 12.3 Å². The van der Waals surface area contributed by atoms with Crippen LogP contribution in [0.3, 0.4) is 0 Å². The summed E-state index contributed by atoms with van der Waals surface area (Å²) in [5, 5.41) is 0. The molecule has 0 spiro atoms. The molecular formula is C25H33N7O2. The van der Waals surface area contributed by atoms with Crippen LogP contribution in [0.1, 0.15) is 44.7 Å². The monoisotopic (exact) mass is 463 g/mol. The summed E-state index contributed by atoms with van der Waals surface area (Å²) in [6.07, 6.45) is 1.96. The van der Waals surface area contributed by atoms with E-state index < -0.39 is 0 Å². The molecule has 5 rings (SSSR count). The topological polar surface area (TPSA) is 103 Å². The van der Waals surface area contributed by atoms with Gasteiger partial charge in [-0.25, -0.2) is 4.79 Å². The van der Waals surface area contributed by atoms with Gasteiger partial charge in [-0.1, -0.05) is 38.1 Å². The molecule has 0 aliphatic carbocycles. The molecule has 1 aromatic carbocycles. The van der Waals surface area contributed by atoms with Crippen molar-refractivity contribution in [1.82, 2.24) is 18.7 Å². The summed E-state index contributed by atoms with van der Waals surface area (Å²) in [5.41, 5.74) is 9.21. The van der Waals surface area contributed by atoms with Crippen LogP contribution in [0.25, 0.3) is 11.2 Å². The van der Waals surface area contributed by atoms with E-state index in [2.05, 4.69) is 24.8 Å². The molecule has 0 bridgehead atoms. The zero-order chi connectivity index (χ0) is 24.2. The predicted octanol–water partition coefficient (Wildman–Crippen LogP) is 1.62. The van der Waals surface area contributed by atoms with Gasteiger partial charge in [-0.2, -0.15) is 4.98 Å². The Balaban J connectivity index is 1.64. The normalized spacial score (nSPS) is 19.9. The Kier molecular flexibility index (Phi) is 5.47. The minimum Gasteiger partial charge on any atom is -0.341 e. The summed E-state index contributed by atoms with van der Waals surface area (Å²) < 4.78 is 4.71. The summed E-state index contributed by atoms with van der Waals surface area (Å²) in [5.74, 6) is 0.708. The van der Waals surface area contributed by atoms with Crippen molar-refractivity contribution in [3.8, 4) is 0 Å². The maximum atomic E-state index is 13.7. The number of nitrogens with zero attached hydrogens (tertiary/aromatic N) is 6. The lowest BCUT2D eigenvalue weighted by Gasteiger charge is -2.31. The number of aromatic nitrogens is 4. The molecule has 1 unspecified atom stereocenters. The third kappa shape index (κ3) is 3.50. The zero-order valence-corrected chi connectivity index (χ0v) is 20.4. The Morgan fingerprint density at radius 1 is 1.18 bits per heavy atom. The molecule has 2 aromatic heterocycles. The number of aryl methyl sites for hydroxylation is 2. The zero-order valence-electron chi connectivity index (χ0n) is 20.4. The smallest absolute Gasteiger partial charge is 0.332 e. The first-order chi connectivity index (χ1) is 16.2. The number of hydrogen-bond acceptors (Lipinski definition) is 6. The molecule has 0 radical (unpaired) electrons. The molecule has 0 saturated carbocycles. The lowest BCUT2D eigenvalue weighted by atomic mass is 9.78. The highest BCUT2D eigenvalue weighted by atomic mass is 16.2. The Labute approximate surface area is 198 Å². The molecule has 1 fully saturated rings. The van der Waals surface area contributed by atoms with Gasteiger partial charge in [0, 0.05) is 50.2 Å². The van der Waals surface area contributed by atoms with Crippen molar-refractivity contribution >= 4 is 22.8 Å². The van der Waals surface area contributed by atoms with E-state index in [-0.39, 0.29) is 29.3 Å². The molecule has 2 aliphatic heterocycles. The number of benzene rings is 1. The van der Waals surface area contributed by atoms with Crippen molar-refractivity contribution in [2.24, 2.45) is 17.8 Å². The minimum absolute atomic E-state index is 0.0768. The van der Waals surface area contributed by atoms with E-state index in [9.17, 15) is 9.59 Å². The first-order valence-electron chi connectivity index (χ1n) is 12.1. The van der Waals surface area contributed by atoms with Crippen LogP contribution in [0.4, 0.5) is 5.95 Å². The number of hydrogen-bond donors (Lipinski definition) is 1. The van der Waals surface area contributed by atoms with Gasteiger partial charge in [0.25, 0.3) is 5.56 Å². The van der Waals surface area contributed by atoms with E-state index in [1.54, 1.807) is 7.05 Å². The second kappa shape index (κ2) is 8.23. The molecule has 180 valence electrons. The van der Waals surface area contributed by atoms with E-state index in [0.29, 0.717) is 36.7 Å². The molecule has 2 aliphatic rings. The largest absolute Gasteiger partial charge is 0.341 e. The van der Waals surface area contributed by atoms with Crippen molar-refractivity contribution < 1.29 is 0 Å². The SMILES string of the molecule is CCn1c(N2CCCC(N)C2)nc2c1c(=O)n(CC1=NCC(C)(C)c3ccccc31)c(=O)n2C. The van der Waals surface area contributed by atoms with E-state index in [0.717, 1.165) is 30.7 Å². The number of nitrogens with two attached hydrogens (primary N) is 1. The van der Waals surface area contributed by atoms with E-state index >= 15 is 0 Å². The predicted molar refractivity (Wildman–Crippen MR) is 135 cm³/mol. The van der Waals surface area contributed by atoms with Crippen LogP contribution in [-0.2, 0) is 25.6 Å². The molecule has 34 heavy (non-hydrogen) atoms. The lowest BCUT2D eigenvalue weighted by Crippen LogP contribution is -2.44. The maximum absolute atomic E-state index is 13.7. The molecule has 3 aromatic rings. The molecule has 0 amide bonds. The van der Waals surface area contributed by atoms with Gasteiger partial charge in [0.15, 0.2) is 11.2 Å². The molecule has 1 saturated heterocycles. The molecule has 9 nitrogen and oxygen atoms in total. The van der Waals surface area contributed by atoms with Gasteiger partial charge < -0.3 is 15.2 Å². The minimum atomic E-state index is -0.384. The van der Waals surface area contributed by atoms with Crippen LogP contribution in [0.2, 0.25) is 0 Å². The first kappa shape index (κ1) is 22.6. The average molecular weight is 464 g/mol. The molecular weight excluding hydrogens is 430 g/mol. The maximum Gasteiger partial charge on any atom is 0.332 e. The van der Waals surface area contributed by atoms with Crippen molar-refractivity contribution in [1.29, 1.82) is 0 Å². The van der Waals surface area contributed by atoms with Crippen molar-refractivity contribution in [2.45, 2.75) is 58.2 Å². The fourth-order valence-corrected chi connectivity index (χ4v) is 5.31. The van der Waals surface area contributed by atoms with Crippen LogP contribution in [0, 0.1) is 0 Å². The van der Waals surface area contributed by atoms with Crippen LogP contribution < -0.4 is 21.9 Å². The number of anilines is 1. The van der Waals surface area contributed by atoms with E-state index in [1.165, 1.54) is 14.7 Å². The number of fused-ring (bicyclic) bond motifs is 2. The highest BCUT2D eigenvalue weighted by molar-refractivity contribution is 6.03. The standard InChI is InChI=1S/C25H33N7O2/c1-5-31-20-21(28-23(31)30-12-8-9-16(26)13-30)29(4)24(34)32(22(20)33)14-19-17-10-6-7-11-18(17)25(2,3)15-27-19/h6-7,10-11,16H,5,8-9,12-15,26H2,1-4H3. The van der Waals surface area contributed by atoms with Gasteiger partial charge in [-0.05, 0) is 25.3 Å². The van der Waals surface area contributed by atoms with Crippen molar-refractivity contribution in [3.05, 3.63) is 56.2 Å². The van der Waals surface area contributed by atoms with Crippen molar-refractivity contribution in [3.63, 3.8) is 0 Å². The van der Waals surface area contributed by atoms with Gasteiger partial charge in [-0.15, -0.1) is 0 Å². The van der Waals surface area contributed by atoms with Crippen LogP contribution in [0.15, 0.2) is 38.8 Å². The van der Waals surface area contributed by atoms with Gasteiger partial charge in [0.1, 0.15) is 0 Å². The number of imidazole rings is 1.